The molecule has 0 unspecified atom stereocenters. The van der Waals surface area contributed by atoms with Crippen LogP contribution in [-0.4, -0.2) is 23.2 Å². The average molecular weight is 344 g/mol. The van der Waals surface area contributed by atoms with Crippen molar-refractivity contribution >= 4 is 17.5 Å². The summed E-state index contributed by atoms with van der Waals surface area (Å²) in [5, 5.41) is 11.0. The first-order valence-electron chi connectivity index (χ1n) is 7.16. The van der Waals surface area contributed by atoms with Crippen LogP contribution in [0.2, 0.25) is 5.02 Å². The lowest BCUT2D eigenvalue weighted by Gasteiger charge is -2.02. The fourth-order valence-electron chi connectivity index (χ4n) is 2.03. The number of benzene rings is 2. The Balaban J connectivity index is 1.65. The van der Waals surface area contributed by atoms with Gasteiger partial charge in [-0.05, 0) is 42.0 Å². The van der Waals surface area contributed by atoms with E-state index in [-0.39, 0.29) is 11.8 Å². The van der Waals surface area contributed by atoms with Gasteiger partial charge in [0.1, 0.15) is 5.75 Å². The number of hydrogen-bond donors (Lipinski definition) is 1. The average Bonchev–Trinajstić information content (AvgIpc) is 3.11. The van der Waals surface area contributed by atoms with Crippen LogP contribution in [0.5, 0.6) is 5.75 Å². The Morgan fingerprint density at radius 3 is 2.50 bits per heavy atom. The fourth-order valence-corrected chi connectivity index (χ4v) is 2.15. The molecular weight excluding hydrogens is 330 g/mol. The summed E-state index contributed by atoms with van der Waals surface area (Å²) >= 11 is 5.82. The smallest absolute Gasteiger partial charge is 0.309 e. The number of nitrogens with zero attached hydrogens (tertiary/aromatic N) is 2. The van der Waals surface area contributed by atoms with Crippen LogP contribution in [0.1, 0.15) is 16.2 Å². The first-order valence-corrected chi connectivity index (χ1v) is 7.54. The molecule has 24 heavy (non-hydrogen) atoms. The third-order valence-electron chi connectivity index (χ3n) is 3.32. The second-order valence-corrected chi connectivity index (χ2v) is 5.39. The van der Waals surface area contributed by atoms with E-state index in [4.69, 9.17) is 20.8 Å². The normalized spacial score (nSPS) is 10.4. The first kappa shape index (κ1) is 16.0. The molecule has 0 aliphatic rings. The van der Waals surface area contributed by atoms with E-state index in [2.05, 4.69) is 15.5 Å². The van der Waals surface area contributed by atoms with Gasteiger partial charge in [0.15, 0.2) is 0 Å². The molecule has 0 spiro atoms. The van der Waals surface area contributed by atoms with Crippen molar-refractivity contribution < 1.29 is 13.9 Å². The number of carbonyl (C=O) groups excluding carboxylic acids is 1. The molecule has 0 bridgehead atoms. The minimum Gasteiger partial charge on any atom is -0.497 e. The summed E-state index contributed by atoms with van der Waals surface area (Å²) in [5.41, 5.74) is 1.63. The molecule has 0 aliphatic heterocycles. The molecule has 2 aromatic carbocycles. The van der Waals surface area contributed by atoms with E-state index >= 15 is 0 Å². The van der Waals surface area contributed by atoms with Gasteiger partial charge in [0.2, 0.25) is 5.89 Å². The number of nitrogens with one attached hydrogen (secondary N) is 1. The van der Waals surface area contributed by atoms with E-state index in [0.717, 1.165) is 11.3 Å². The number of carbonyl (C=O) groups is 1. The molecule has 0 saturated carbocycles. The van der Waals surface area contributed by atoms with Crippen LogP contribution in [0, 0.1) is 0 Å². The Bertz CT molecular complexity index is 829. The van der Waals surface area contributed by atoms with Gasteiger partial charge in [0, 0.05) is 17.1 Å². The summed E-state index contributed by atoms with van der Waals surface area (Å²) in [6.45, 7) is 0.344. The highest BCUT2D eigenvalue weighted by Gasteiger charge is 2.15. The van der Waals surface area contributed by atoms with Crippen LogP contribution in [0.4, 0.5) is 0 Å². The molecular formula is C17H14ClN3O3. The van der Waals surface area contributed by atoms with Crippen molar-refractivity contribution in [2.45, 2.75) is 6.54 Å². The van der Waals surface area contributed by atoms with E-state index < -0.39 is 5.91 Å². The molecule has 0 aliphatic carbocycles. The molecule has 7 heteroatoms. The van der Waals surface area contributed by atoms with Gasteiger partial charge in [-0.25, -0.2) is 0 Å². The summed E-state index contributed by atoms with van der Waals surface area (Å²) in [6.07, 6.45) is 0. The molecule has 0 saturated heterocycles. The van der Waals surface area contributed by atoms with Crippen LogP contribution >= 0.6 is 11.6 Å². The zero-order valence-corrected chi connectivity index (χ0v) is 13.6. The van der Waals surface area contributed by atoms with Gasteiger partial charge >= 0.3 is 11.8 Å². The van der Waals surface area contributed by atoms with Crippen LogP contribution in [-0.2, 0) is 6.54 Å². The summed E-state index contributed by atoms with van der Waals surface area (Å²) < 4.78 is 10.5. The highest BCUT2D eigenvalue weighted by molar-refractivity contribution is 6.30. The van der Waals surface area contributed by atoms with E-state index in [1.54, 1.807) is 43.5 Å². The quantitative estimate of drug-likeness (QED) is 0.768. The lowest BCUT2D eigenvalue weighted by Crippen LogP contribution is -2.23. The second kappa shape index (κ2) is 7.14. The van der Waals surface area contributed by atoms with E-state index in [9.17, 15) is 4.79 Å². The molecule has 1 aromatic heterocycles. The Morgan fingerprint density at radius 1 is 1.12 bits per heavy atom. The highest BCUT2D eigenvalue weighted by Crippen LogP contribution is 2.21. The predicted octanol–water partition coefficient (Wildman–Crippen LogP) is 3.33. The number of hydrogen-bond acceptors (Lipinski definition) is 5. The van der Waals surface area contributed by atoms with Gasteiger partial charge in [-0.1, -0.05) is 23.7 Å². The summed E-state index contributed by atoms with van der Waals surface area (Å²) in [7, 11) is 1.59. The Kier molecular flexibility index (Phi) is 4.77. The molecule has 6 nitrogen and oxygen atoms in total. The molecule has 0 fully saturated rings. The van der Waals surface area contributed by atoms with Crippen molar-refractivity contribution in [1.29, 1.82) is 0 Å². The van der Waals surface area contributed by atoms with Crippen molar-refractivity contribution in [2.24, 2.45) is 0 Å². The topological polar surface area (TPSA) is 77.2 Å². The minimum atomic E-state index is -0.433. The zero-order chi connectivity index (χ0) is 16.9. The molecule has 3 rings (SSSR count). The van der Waals surface area contributed by atoms with E-state index in [1.807, 2.05) is 12.1 Å². The number of halogens is 1. The lowest BCUT2D eigenvalue weighted by molar-refractivity contribution is 0.0917. The summed E-state index contributed by atoms with van der Waals surface area (Å²) in [4.78, 5) is 12.1. The minimum absolute atomic E-state index is 0.0882. The maximum absolute atomic E-state index is 12.1. The standard InChI is InChI=1S/C17H14ClN3O3/c1-23-14-8-4-12(5-9-14)16-20-21-17(24-16)15(22)19-10-11-2-6-13(18)7-3-11/h2-9H,10H2,1H3,(H,19,22). The Morgan fingerprint density at radius 2 is 1.83 bits per heavy atom. The molecule has 0 atom stereocenters. The zero-order valence-electron chi connectivity index (χ0n) is 12.8. The van der Waals surface area contributed by atoms with Gasteiger partial charge in [-0.2, -0.15) is 0 Å². The molecule has 1 heterocycles. The van der Waals surface area contributed by atoms with Gasteiger partial charge in [0.05, 0.1) is 7.11 Å². The second-order valence-electron chi connectivity index (χ2n) is 4.95. The third-order valence-corrected chi connectivity index (χ3v) is 3.57. The highest BCUT2D eigenvalue weighted by atomic mass is 35.5. The van der Waals surface area contributed by atoms with Crippen molar-refractivity contribution in [1.82, 2.24) is 15.5 Å². The van der Waals surface area contributed by atoms with Crippen molar-refractivity contribution in [2.75, 3.05) is 7.11 Å². The number of amides is 1. The van der Waals surface area contributed by atoms with Crippen LogP contribution < -0.4 is 10.1 Å². The Labute approximate surface area is 143 Å². The van der Waals surface area contributed by atoms with Crippen LogP contribution in [0.15, 0.2) is 52.9 Å². The summed E-state index contributed by atoms with van der Waals surface area (Å²) in [6, 6.07) is 14.3. The summed E-state index contributed by atoms with van der Waals surface area (Å²) in [5.74, 6) is 0.473. The number of rotatable bonds is 5. The fraction of sp³-hybridized carbons (Fsp3) is 0.118. The molecule has 1 amide bonds. The number of aromatic nitrogens is 2. The SMILES string of the molecule is COc1ccc(-c2nnc(C(=O)NCc3ccc(Cl)cc3)o2)cc1. The predicted molar refractivity (Wildman–Crippen MR) is 88.9 cm³/mol. The van der Waals surface area contributed by atoms with Gasteiger partial charge in [-0.15, -0.1) is 10.2 Å². The van der Waals surface area contributed by atoms with E-state index in [1.165, 1.54) is 0 Å². The van der Waals surface area contributed by atoms with E-state index in [0.29, 0.717) is 17.1 Å². The van der Waals surface area contributed by atoms with Crippen molar-refractivity contribution in [3.05, 3.63) is 65.0 Å². The third kappa shape index (κ3) is 3.72. The molecule has 0 radical (unpaired) electrons. The molecule has 122 valence electrons. The van der Waals surface area contributed by atoms with Crippen LogP contribution in [0.3, 0.4) is 0 Å². The lowest BCUT2D eigenvalue weighted by atomic mass is 10.2. The van der Waals surface area contributed by atoms with Crippen molar-refractivity contribution in [3.63, 3.8) is 0 Å². The van der Waals surface area contributed by atoms with Crippen molar-refractivity contribution in [3.8, 4) is 17.2 Å². The van der Waals surface area contributed by atoms with Gasteiger partial charge in [-0.3, -0.25) is 4.79 Å². The maximum Gasteiger partial charge on any atom is 0.309 e. The maximum atomic E-state index is 12.1. The monoisotopic (exact) mass is 343 g/mol. The molecule has 3 aromatic rings. The van der Waals surface area contributed by atoms with Crippen LogP contribution in [0.25, 0.3) is 11.5 Å². The molecule has 1 N–H and O–H groups in total. The van der Waals surface area contributed by atoms with Gasteiger partial charge < -0.3 is 14.5 Å². The largest absolute Gasteiger partial charge is 0.497 e. The Hall–Kier alpha value is -2.86. The first-order chi connectivity index (χ1) is 11.7. The van der Waals surface area contributed by atoms with Gasteiger partial charge in [0.25, 0.3) is 0 Å². The number of methoxy groups -OCH3 is 1. The number of ether oxygens (including phenoxy) is 1.